The number of oxazole rings is 1. The summed E-state index contributed by atoms with van der Waals surface area (Å²) in [4.78, 5) is 32.2. The van der Waals surface area contributed by atoms with Crippen molar-refractivity contribution in [3.8, 4) is 11.3 Å². The van der Waals surface area contributed by atoms with Crippen molar-refractivity contribution in [1.29, 1.82) is 0 Å². The van der Waals surface area contributed by atoms with E-state index < -0.39 is 11.8 Å². The van der Waals surface area contributed by atoms with Crippen LogP contribution in [0.4, 0.5) is 9.52 Å². The molecule has 0 aliphatic carbocycles. The van der Waals surface area contributed by atoms with Crippen LogP contribution in [0.15, 0.2) is 34.9 Å². The average Bonchev–Trinajstić information content (AvgIpc) is 3.26. The van der Waals surface area contributed by atoms with Crippen LogP contribution in [-0.2, 0) is 16.0 Å². The Morgan fingerprint density at radius 1 is 1.33 bits per heavy atom. The third-order valence-electron chi connectivity index (χ3n) is 3.67. The largest absolute Gasteiger partial charge is 0.465 e. The molecule has 0 atom stereocenters. The molecule has 140 valence electrons. The second-order valence-electron chi connectivity index (χ2n) is 5.57. The number of hydrogen-bond donors (Lipinski definition) is 1. The summed E-state index contributed by atoms with van der Waals surface area (Å²) in [6, 6.07) is 6.22. The van der Waals surface area contributed by atoms with Gasteiger partial charge in [-0.15, -0.1) is 0 Å². The van der Waals surface area contributed by atoms with Crippen LogP contribution >= 0.6 is 11.3 Å². The van der Waals surface area contributed by atoms with Gasteiger partial charge in [0.15, 0.2) is 16.8 Å². The molecule has 0 saturated heterocycles. The number of anilines is 1. The van der Waals surface area contributed by atoms with Gasteiger partial charge in [0, 0.05) is 12.8 Å². The summed E-state index contributed by atoms with van der Waals surface area (Å²) in [5, 5.41) is 2.95. The highest BCUT2D eigenvalue weighted by molar-refractivity contribution is 7.17. The first-order valence-electron chi connectivity index (χ1n) is 8.03. The average molecular weight is 389 g/mol. The number of aromatic nitrogens is 2. The molecule has 0 fully saturated rings. The number of amides is 1. The van der Waals surface area contributed by atoms with Crippen LogP contribution in [0.2, 0.25) is 0 Å². The molecule has 7 nitrogen and oxygen atoms in total. The Bertz CT molecular complexity index is 983. The first-order valence-corrected chi connectivity index (χ1v) is 8.84. The van der Waals surface area contributed by atoms with Gasteiger partial charge in [0.2, 0.25) is 5.91 Å². The third kappa shape index (κ3) is 4.37. The van der Waals surface area contributed by atoms with E-state index >= 15 is 0 Å². The minimum atomic E-state index is -0.494. The fourth-order valence-electron chi connectivity index (χ4n) is 2.35. The molecule has 0 spiro atoms. The lowest BCUT2D eigenvalue weighted by Crippen LogP contribution is -2.12. The van der Waals surface area contributed by atoms with E-state index in [1.807, 2.05) is 0 Å². The maximum absolute atomic E-state index is 13.8. The highest BCUT2D eigenvalue weighted by atomic mass is 32.1. The molecule has 0 aliphatic heterocycles. The quantitative estimate of drug-likeness (QED) is 0.647. The van der Waals surface area contributed by atoms with Crippen LogP contribution in [0.3, 0.4) is 0 Å². The highest BCUT2D eigenvalue weighted by Gasteiger charge is 2.17. The number of carbonyl (C=O) groups excluding carboxylic acids is 2. The SMILES string of the molecule is COC(=O)c1sc(NC(=O)CCc2ncc(-c3ccccc3F)o2)nc1C. The molecule has 2 aromatic heterocycles. The summed E-state index contributed by atoms with van der Waals surface area (Å²) in [6.45, 7) is 1.66. The number of methoxy groups -OCH3 is 1. The molecule has 27 heavy (non-hydrogen) atoms. The Morgan fingerprint density at radius 2 is 2.11 bits per heavy atom. The van der Waals surface area contributed by atoms with E-state index in [4.69, 9.17) is 4.42 Å². The van der Waals surface area contributed by atoms with Crippen molar-refractivity contribution < 1.29 is 23.1 Å². The van der Waals surface area contributed by atoms with Crippen LogP contribution in [0, 0.1) is 12.7 Å². The van der Waals surface area contributed by atoms with Gasteiger partial charge in [0.1, 0.15) is 10.7 Å². The first-order chi connectivity index (χ1) is 13.0. The van der Waals surface area contributed by atoms with Crippen molar-refractivity contribution in [2.45, 2.75) is 19.8 Å². The van der Waals surface area contributed by atoms with E-state index in [0.29, 0.717) is 32.9 Å². The van der Waals surface area contributed by atoms with Gasteiger partial charge in [-0.3, -0.25) is 4.79 Å². The maximum Gasteiger partial charge on any atom is 0.350 e. The Labute approximate surface area is 158 Å². The number of benzene rings is 1. The predicted octanol–water partition coefficient (Wildman–Crippen LogP) is 3.60. The standard InChI is InChI=1S/C18H16FN3O4S/c1-10-16(17(24)25-2)27-18(21-10)22-14(23)7-8-15-20-9-13(26-15)11-5-3-4-6-12(11)19/h3-6,9H,7-8H2,1-2H3,(H,21,22,23). The zero-order valence-electron chi connectivity index (χ0n) is 14.6. The van der Waals surface area contributed by atoms with E-state index in [0.717, 1.165) is 11.3 Å². The molecule has 0 saturated carbocycles. The Balaban J connectivity index is 1.59. The molecule has 1 aromatic carbocycles. The van der Waals surface area contributed by atoms with Gasteiger partial charge >= 0.3 is 5.97 Å². The molecule has 1 amide bonds. The van der Waals surface area contributed by atoms with Gasteiger partial charge in [0.05, 0.1) is 24.6 Å². The Morgan fingerprint density at radius 3 is 2.85 bits per heavy atom. The number of nitrogens with one attached hydrogen (secondary N) is 1. The van der Waals surface area contributed by atoms with Crippen molar-refractivity contribution in [2.75, 3.05) is 12.4 Å². The third-order valence-corrected chi connectivity index (χ3v) is 4.73. The summed E-state index contributed by atoms with van der Waals surface area (Å²) in [6.07, 6.45) is 1.77. The Kier molecular flexibility index (Phi) is 5.60. The fourth-order valence-corrected chi connectivity index (χ4v) is 3.25. The van der Waals surface area contributed by atoms with Gasteiger partial charge in [-0.1, -0.05) is 23.5 Å². The number of nitrogens with zero attached hydrogens (tertiary/aromatic N) is 2. The zero-order valence-corrected chi connectivity index (χ0v) is 15.4. The van der Waals surface area contributed by atoms with Crippen molar-refractivity contribution in [2.24, 2.45) is 0 Å². The summed E-state index contributed by atoms with van der Waals surface area (Å²) in [5.41, 5.74) is 0.804. The normalized spacial score (nSPS) is 10.6. The molecular weight excluding hydrogens is 373 g/mol. The number of thiazole rings is 1. The van der Waals surface area contributed by atoms with E-state index in [1.165, 1.54) is 19.4 Å². The highest BCUT2D eigenvalue weighted by Crippen LogP contribution is 2.25. The van der Waals surface area contributed by atoms with E-state index in [-0.39, 0.29) is 18.7 Å². The molecule has 0 radical (unpaired) electrons. The molecule has 0 bridgehead atoms. The van der Waals surface area contributed by atoms with Gasteiger partial charge in [0.25, 0.3) is 0 Å². The molecule has 9 heteroatoms. The topological polar surface area (TPSA) is 94.3 Å². The molecule has 2 heterocycles. The van der Waals surface area contributed by atoms with Gasteiger partial charge in [-0.05, 0) is 19.1 Å². The van der Waals surface area contributed by atoms with Crippen LogP contribution in [0.1, 0.15) is 27.7 Å². The summed E-state index contributed by atoms with van der Waals surface area (Å²) >= 11 is 1.05. The number of halogens is 1. The van der Waals surface area contributed by atoms with E-state index in [2.05, 4.69) is 20.0 Å². The summed E-state index contributed by atoms with van der Waals surface area (Å²) in [5.74, 6) is -0.564. The minimum absolute atomic E-state index is 0.101. The lowest BCUT2D eigenvalue weighted by molar-refractivity contribution is -0.116. The van der Waals surface area contributed by atoms with Crippen molar-refractivity contribution in [3.63, 3.8) is 0 Å². The molecule has 1 N–H and O–H groups in total. The first kappa shape index (κ1) is 18.7. The van der Waals surface area contributed by atoms with Crippen molar-refractivity contribution >= 4 is 28.3 Å². The number of hydrogen-bond acceptors (Lipinski definition) is 7. The molecule has 0 aliphatic rings. The number of esters is 1. The molecule has 0 unspecified atom stereocenters. The van der Waals surface area contributed by atoms with Crippen molar-refractivity contribution in [3.05, 3.63) is 52.7 Å². The van der Waals surface area contributed by atoms with E-state index in [9.17, 15) is 14.0 Å². The summed E-state index contributed by atoms with van der Waals surface area (Å²) < 4.78 is 23.9. The van der Waals surface area contributed by atoms with Crippen LogP contribution < -0.4 is 5.32 Å². The van der Waals surface area contributed by atoms with Crippen LogP contribution in [-0.4, -0.2) is 29.0 Å². The van der Waals surface area contributed by atoms with Gasteiger partial charge in [-0.25, -0.2) is 19.2 Å². The van der Waals surface area contributed by atoms with Crippen molar-refractivity contribution in [1.82, 2.24) is 9.97 Å². The number of aryl methyl sites for hydroxylation is 2. The maximum atomic E-state index is 13.8. The van der Waals surface area contributed by atoms with Gasteiger partial charge < -0.3 is 14.5 Å². The Hall–Kier alpha value is -3.07. The molecular formula is C18H16FN3O4S. The second-order valence-corrected chi connectivity index (χ2v) is 6.57. The minimum Gasteiger partial charge on any atom is -0.465 e. The second kappa shape index (κ2) is 8.09. The zero-order chi connectivity index (χ0) is 19.4. The lowest BCUT2D eigenvalue weighted by Gasteiger charge is -2.00. The molecule has 3 aromatic rings. The molecule has 3 rings (SSSR count). The van der Waals surface area contributed by atoms with Crippen LogP contribution in [0.25, 0.3) is 11.3 Å². The lowest BCUT2D eigenvalue weighted by atomic mass is 10.2. The number of rotatable bonds is 6. The number of ether oxygens (including phenoxy) is 1. The fraction of sp³-hybridized carbons (Fsp3) is 0.222. The predicted molar refractivity (Wildman–Crippen MR) is 97.0 cm³/mol. The number of carbonyl (C=O) groups is 2. The van der Waals surface area contributed by atoms with Crippen LogP contribution in [0.5, 0.6) is 0 Å². The smallest absolute Gasteiger partial charge is 0.350 e. The van der Waals surface area contributed by atoms with Gasteiger partial charge in [-0.2, -0.15) is 0 Å². The summed E-state index contributed by atoms with van der Waals surface area (Å²) in [7, 11) is 1.28. The monoisotopic (exact) mass is 389 g/mol. The van der Waals surface area contributed by atoms with E-state index in [1.54, 1.807) is 25.1 Å².